The maximum atomic E-state index is 11.4. The third-order valence-corrected chi connectivity index (χ3v) is 2.28. The van der Waals surface area contributed by atoms with Crippen molar-refractivity contribution in [2.75, 3.05) is 11.9 Å². The van der Waals surface area contributed by atoms with Gasteiger partial charge < -0.3 is 15.7 Å². The van der Waals surface area contributed by atoms with Gasteiger partial charge in [0.1, 0.15) is 0 Å². The standard InChI is InChI=1S/C12H18N2O2/c1-3-11(15)8-13-12(16)14-10-6-4-9(2)5-7-10/h4-7,11,15H,3,8H2,1-2H3,(H2,13,14,16). The van der Waals surface area contributed by atoms with E-state index in [-0.39, 0.29) is 12.6 Å². The molecule has 1 aromatic rings. The summed E-state index contributed by atoms with van der Waals surface area (Å²) in [6.45, 7) is 4.12. The smallest absolute Gasteiger partial charge is 0.319 e. The van der Waals surface area contributed by atoms with Gasteiger partial charge in [0.2, 0.25) is 0 Å². The lowest BCUT2D eigenvalue weighted by Crippen LogP contribution is -2.34. The molecule has 0 aliphatic rings. The van der Waals surface area contributed by atoms with Gasteiger partial charge in [-0.2, -0.15) is 0 Å². The van der Waals surface area contributed by atoms with Gasteiger partial charge in [0.15, 0.2) is 0 Å². The lowest BCUT2D eigenvalue weighted by Gasteiger charge is -2.10. The summed E-state index contributed by atoms with van der Waals surface area (Å²) >= 11 is 0. The molecule has 88 valence electrons. The van der Waals surface area contributed by atoms with Crippen molar-refractivity contribution in [3.05, 3.63) is 29.8 Å². The van der Waals surface area contributed by atoms with Crippen LogP contribution in [0.15, 0.2) is 24.3 Å². The first-order chi connectivity index (χ1) is 7.61. The molecule has 0 bridgehead atoms. The fourth-order valence-corrected chi connectivity index (χ4v) is 1.17. The van der Waals surface area contributed by atoms with Crippen molar-refractivity contribution < 1.29 is 9.90 Å². The monoisotopic (exact) mass is 222 g/mol. The molecule has 1 aromatic carbocycles. The predicted octanol–water partition coefficient (Wildman–Crippen LogP) is 1.89. The van der Waals surface area contributed by atoms with Crippen molar-refractivity contribution in [2.24, 2.45) is 0 Å². The van der Waals surface area contributed by atoms with Gasteiger partial charge in [-0.15, -0.1) is 0 Å². The van der Waals surface area contributed by atoms with E-state index in [0.717, 1.165) is 11.3 Å². The first kappa shape index (κ1) is 12.5. The molecule has 1 atom stereocenters. The average Bonchev–Trinajstić information content (AvgIpc) is 2.29. The van der Waals surface area contributed by atoms with E-state index in [1.807, 2.05) is 38.1 Å². The van der Waals surface area contributed by atoms with Gasteiger partial charge in [-0.3, -0.25) is 0 Å². The van der Waals surface area contributed by atoms with Crippen LogP contribution in [0.5, 0.6) is 0 Å². The summed E-state index contributed by atoms with van der Waals surface area (Å²) in [6, 6.07) is 7.24. The minimum Gasteiger partial charge on any atom is -0.391 e. The molecule has 1 rings (SSSR count). The number of carbonyl (C=O) groups is 1. The number of urea groups is 1. The van der Waals surface area contributed by atoms with Crippen molar-refractivity contribution in [1.29, 1.82) is 0 Å². The number of benzene rings is 1. The van der Waals surface area contributed by atoms with E-state index < -0.39 is 6.10 Å². The fourth-order valence-electron chi connectivity index (χ4n) is 1.17. The Labute approximate surface area is 95.7 Å². The summed E-state index contributed by atoms with van der Waals surface area (Å²) in [5.41, 5.74) is 1.89. The van der Waals surface area contributed by atoms with Crippen LogP contribution in [0.3, 0.4) is 0 Å². The maximum Gasteiger partial charge on any atom is 0.319 e. The molecule has 2 amide bonds. The van der Waals surface area contributed by atoms with E-state index in [2.05, 4.69) is 10.6 Å². The zero-order chi connectivity index (χ0) is 12.0. The molecule has 3 N–H and O–H groups in total. The number of aryl methyl sites for hydroxylation is 1. The highest BCUT2D eigenvalue weighted by Crippen LogP contribution is 2.07. The van der Waals surface area contributed by atoms with E-state index in [4.69, 9.17) is 0 Å². The number of rotatable bonds is 4. The molecule has 0 heterocycles. The van der Waals surface area contributed by atoms with Crippen molar-refractivity contribution in [1.82, 2.24) is 5.32 Å². The van der Waals surface area contributed by atoms with Gasteiger partial charge in [-0.05, 0) is 25.5 Å². The Morgan fingerprint density at radius 2 is 2.00 bits per heavy atom. The molecular formula is C12H18N2O2. The van der Waals surface area contributed by atoms with E-state index in [1.165, 1.54) is 0 Å². The Bertz CT molecular complexity index is 335. The number of carbonyl (C=O) groups excluding carboxylic acids is 1. The van der Waals surface area contributed by atoms with Gasteiger partial charge in [0, 0.05) is 12.2 Å². The maximum absolute atomic E-state index is 11.4. The summed E-state index contributed by atoms with van der Waals surface area (Å²) in [5, 5.41) is 14.6. The minimum absolute atomic E-state index is 0.272. The van der Waals surface area contributed by atoms with Crippen LogP contribution in [0.2, 0.25) is 0 Å². The second kappa shape index (κ2) is 6.12. The van der Waals surface area contributed by atoms with Gasteiger partial charge >= 0.3 is 6.03 Å². The SMILES string of the molecule is CCC(O)CNC(=O)Nc1ccc(C)cc1. The highest BCUT2D eigenvalue weighted by atomic mass is 16.3. The number of aliphatic hydroxyl groups is 1. The lowest BCUT2D eigenvalue weighted by molar-refractivity contribution is 0.168. The average molecular weight is 222 g/mol. The summed E-state index contributed by atoms with van der Waals surface area (Å²) in [5.74, 6) is 0. The molecular weight excluding hydrogens is 204 g/mol. The minimum atomic E-state index is -0.483. The number of hydrogen-bond acceptors (Lipinski definition) is 2. The highest BCUT2D eigenvalue weighted by molar-refractivity contribution is 5.89. The second-order valence-corrected chi connectivity index (χ2v) is 3.76. The third kappa shape index (κ3) is 4.31. The van der Waals surface area contributed by atoms with Crippen molar-refractivity contribution in [3.8, 4) is 0 Å². The number of hydrogen-bond donors (Lipinski definition) is 3. The summed E-state index contributed by atoms with van der Waals surface area (Å²) in [4.78, 5) is 11.4. The number of nitrogens with one attached hydrogen (secondary N) is 2. The molecule has 4 nitrogen and oxygen atoms in total. The molecule has 0 aromatic heterocycles. The van der Waals surface area contributed by atoms with Crippen molar-refractivity contribution in [3.63, 3.8) is 0 Å². The zero-order valence-corrected chi connectivity index (χ0v) is 9.66. The number of anilines is 1. The van der Waals surface area contributed by atoms with E-state index in [0.29, 0.717) is 6.42 Å². The molecule has 0 spiro atoms. The first-order valence-corrected chi connectivity index (χ1v) is 5.41. The van der Waals surface area contributed by atoms with Crippen molar-refractivity contribution in [2.45, 2.75) is 26.4 Å². The topological polar surface area (TPSA) is 61.4 Å². The predicted molar refractivity (Wildman–Crippen MR) is 64.5 cm³/mol. The molecule has 0 fully saturated rings. The van der Waals surface area contributed by atoms with Crippen LogP contribution >= 0.6 is 0 Å². The first-order valence-electron chi connectivity index (χ1n) is 5.41. The molecule has 0 aliphatic heterocycles. The van der Waals surface area contributed by atoms with E-state index >= 15 is 0 Å². The highest BCUT2D eigenvalue weighted by Gasteiger charge is 2.04. The Morgan fingerprint density at radius 1 is 1.38 bits per heavy atom. The summed E-state index contributed by atoms with van der Waals surface area (Å²) in [7, 11) is 0. The quantitative estimate of drug-likeness (QED) is 0.728. The van der Waals surface area contributed by atoms with Crippen molar-refractivity contribution >= 4 is 11.7 Å². The fraction of sp³-hybridized carbons (Fsp3) is 0.417. The molecule has 0 saturated heterocycles. The van der Waals surface area contributed by atoms with Crippen LogP contribution in [0, 0.1) is 6.92 Å². The Hall–Kier alpha value is -1.55. The largest absolute Gasteiger partial charge is 0.391 e. The van der Waals surface area contributed by atoms with Crippen LogP contribution in [0.25, 0.3) is 0 Å². The Balaban J connectivity index is 2.37. The number of aliphatic hydroxyl groups excluding tert-OH is 1. The summed E-state index contributed by atoms with van der Waals surface area (Å²) in [6.07, 6.45) is 0.147. The summed E-state index contributed by atoms with van der Waals surface area (Å²) < 4.78 is 0. The number of amides is 2. The van der Waals surface area contributed by atoms with Crippen LogP contribution in [0.1, 0.15) is 18.9 Å². The van der Waals surface area contributed by atoms with E-state index in [1.54, 1.807) is 0 Å². The Morgan fingerprint density at radius 3 is 2.56 bits per heavy atom. The van der Waals surface area contributed by atoms with Crippen LogP contribution in [-0.4, -0.2) is 23.8 Å². The zero-order valence-electron chi connectivity index (χ0n) is 9.66. The lowest BCUT2D eigenvalue weighted by atomic mass is 10.2. The molecule has 16 heavy (non-hydrogen) atoms. The molecule has 1 unspecified atom stereocenters. The van der Waals surface area contributed by atoms with Gasteiger partial charge in [0.05, 0.1) is 6.10 Å². The second-order valence-electron chi connectivity index (χ2n) is 3.76. The Kier molecular flexibility index (Phi) is 4.79. The van der Waals surface area contributed by atoms with Gasteiger partial charge in [-0.25, -0.2) is 4.79 Å². The van der Waals surface area contributed by atoms with Crippen LogP contribution in [-0.2, 0) is 0 Å². The third-order valence-electron chi connectivity index (χ3n) is 2.28. The molecule has 0 saturated carbocycles. The van der Waals surface area contributed by atoms with Crippen LogP contribution < -0.4 is 10.6 Å². The van der Waals surface area contributed by atoms with Crippen LogP contribution in [0.4, 0.5) is 10.5 Å². The normalized spacial score (nSPS) is 11.9. The van der Waals surface area contributed by atoms with E-state index in [9.17, 15) is 9.90 Å². The molecule has 0 radical (unpaired) electrons. The molecule has 4 heteroatoms. The van der Waals surface area contributed by atoms with Gasteiger partial charge in [-0.1, -0.05) is 24.6 Å². The molecule has 0 aliphatic carbocycles. The van der Waals surface area contributed by atoms with Gasteiger partial charge in [0.25, 0.3) is 0 Å².